The molecule has 0 aliphatic heterocycles. The van der Waals surface area contributed by atoms with Crippen LogP contribution in [0.5, 0.6) is 0 Å². The van der Waals surface area contributed by atoms with Crippen LogP contribution in [-0.4, -0.2) is 33.6 Å². The predicted molar refractivity (Wildman–Crippen MR) is 79.7 cm³/mol. The van der Waals surface area contributed by atoms with Crippen molar-refractivity contribution in [2.24, 2.45) is 11.1 Å². The second-order valence-corrected chi connectivity index (χ2v) is 5.88. The molecule has 3 N–H and O–H groups in total. The van der Waals surface area contributed by atoms with Gasteiger partial charge < -0.3 is 11.1 Å². The largest absolute Gasteiger partial charge is 0.356 e. The summed E-state index contributed by atoms with van der Waals surface area (Å²) in [6.45, 7) is 1.18. The topological polar surface area (TPSA) is 85.3 Å². The average Bonchev–Trinajstić information content (AvgIpc) is 2.86. The summed E-state index contributed by atoms with van der Waals surface area (Å²) >= 11 is 0. The Bertz CT molecular complexity index is 626. The Labute approximate surface area is 123 Å². The molecule has 0 aromatic carbocycles. The fourth-order valence-corrected chi connectivity index (χ4v) is 2.91. The summed E-state index contributed by atoms with van der Waals surface area (Å²) in [5, 5.41) is 11.2. The smallest absolute Gasteiger partial charge is 0.220 e. The van der Waals surface area contributed by atoms with Gasteiger partial charge in [0.15, 0.2) is 5.65 Å². The van der Waals surface area contributed by atoms with E-state index in [0.717, 1.165) is 24.3 Å². The van der Waals surface area contributed by atoms with Crippen LogP contribution in [0.4, 0.5) is 0 Å². The van der Waals surface area contributed by atoms with E-state index < -0.39 is 0 Å². The second kappa shape index (κ2) is 5.81. The highest BCUT2D eigenvalue weighted by atomic mass is 16.1. The number of hydrogen-bond acceptors (Lipinski definition) is 4. The highest BCUT2D eigenvalue weighted by molar-refractivity contribution is 5.76. The van der Waals surface area contributed by atoms with Crippen molar-refractivity contribution in [1.29, 1.82) is 0 Å². The van der Waals surface area contributed by atoms with Crippen LogP contribution in [0.25, 0.3) is 5.65 Å². The van der Waals surface area contributed by atoms with Crippen molar-refractivity contribution in [2.45, 2.75) is 32.1 Å². The van der Waals surface area contributed by atoms with E-state index in [1.165, 1.54) is 6.42 Å². The molecule has 1 amide bonds. The van der Waals surface area contributed by atoms with Gasteiger partial charge in [-0.15, -0.1) is 10.2 Å². The minimum Gasteiger partial charge on any atom is -0.356 e. The lowest BCUT2D eigenvalue weighted by Gasteiger charge is -2.40. The molecule has 2 heterocycles. The maximum absolute atomic E-state index is 12.0. The molecule has 0 atom stereocenters. The van der Waals surface area contributed by atoms with E-state index in [4.69, 9.17) is 5.73 Å². The van der Waals surface area contributed by atoms with Gasteiger partial charge in [-0.3, -0.25) is 9.20 Å². The minimum atomic E-state index is 0.0612. The summed E-state index contributed by atoms with van der Waals surface area (Å²) in [4.78, 5) is 12.0. The first kappa shape index (κ1) is 14.0. The Morgan fingerprint density at radius 2 is 2.24 bits per heavy atom. The van der Waals surface area contributed by atoms with Gasteiger partial charge in [0.25, 0.3) is 0 Å². The molecule has 1 fully saturated rings. The summed E-state index contributed by atoms with van der Waals surface area (Å²) in [5.41, 5.74) is 6.67. The fourth-order valence-electron chi connectivity index (χ4n) is 2.91. The van der Waals surface area contributed by atoms with E-state index in [1.807, 2.05) is 28.8 Å². The van der Waals surface area contributed by atoms with Crippen LogP contribution in [-0.2, 0) is 11.2 Å². The molecule has 1 aliphatic carbocycles. The number of nitrogens with zero attached hydrogens (tertiary/aromatic N) is 3. The van der Waals surface area contributed by atoms with Crippen molar-refractivity contribution in [3.8, 4) is 0 Å². The number of nitrogens with two attached hydrogens (primary N) is 1. The zero-order chi connectivity index (χ0) is 14.7. The number of fused-ring (bicyclic) bond motifs is 1. The van der Waals surface area contributed by atoms with E-state index in [2.05, 4.69) is 15.5 Å². The summed E-state index contributed by atoms with van der Waals surface area (Å²) in [5.74, 6) is 0.956. The molecule has 6 nitrogen and oxygen atoms in total. The fraction of sp³-hybridized carbons (Fsp3) is 0.533. The van der Waals surface area contributed by atoms with Crippen LogP contribution in [0.3, 0.4) is 0 Å². The molecular formula is C15H21N5O. The lowest BCUT2D eigenvalue weighted by Crippen LogP contribution is -2.42. The first-order valence-electron chi connectivity index (χ1n) is 7.48. The quantitative estimate of drug-likeness (QED) is 0.827. The normalized spacial score (nSPS) is 16.6. The zero-order valence-electron chi connectivity index (χ0n) is 12.1. The van der Waals surface area contributed by atoms with Crippen LogP contribution >= 0.6 is 0 Å². The van der Waals surface area contributed by atoms with Crippen LogP contribution in [0.1, 0.15) is 31.5 Å². The lowest BCUT2D eigenvalue weighted by molar-refractivity contribution is -0.124. The van der Waals surface area contributed by atoms with Gasteiger partial charge in [0, 0.05) is 25.6 Å². The number of pyridine rings is 1. The van der Waals surface area contributed by atoms with Crippen LogP contribution in [0.15, 0.2) is 24.4 Å². The molecule has 3 rings (SSSR count). The molecule has 21 heavy (non-hydrogen) atoms. The van der Waals surface area contributed by atoms with E-state index in [9.17, 15) is 4.79 Å². The Balaban J connectivity index is 1.51. The van der Waals surface area contributed by atoms with Gasteiger partial charge in [0.2, 0.25) is 5.91 Å². The van der Waals surface area contributed by atoms with Crippen LogP contribution in [0.2, 0.25) is 0 Å². The highest BCUT2D eigenvalue weighted by Crippen LogP contribution is 2.42. The third-order valence-electron chi connectivity index (χ3n) is 4.44. The van der Waals surface area contributed by atoms with Crippen molar-refractivity contribution in [3.63, 3.8) is 0 Å². The van der Waals surface area contributed by atoms with E-state index in [1.54, 1.807) is 0 Å². The minimum absolute atomic E-state index is 0.0612. The number of amides is 1. The molecule has 2 aromatic heterocycles. The van der Waals surface area contributed by atoms with Gasteiger partial charge >= 0.3 is 0 Å². The molecule has 1 saturated carbocycles. The summed E-state index contributed by atoms with van der Waals surface area (Å²) < 4.78 is 1.94. The first-order chi connectivity index (χ1) is 10.2. The number of hydrogen-bond donors (Lipinski definition) is 2. The van der Waals surface area contributed by atoms with Gasteiger partial charge in [-0.1, -0.05) is 12.5 Å². The molecule has 0 bridgehead atoms. The summed E-state index contributed by atoms with van der Waals surface area (Å²) in [6, 6.07) is 5.79. The second-order valence-electron chi connectivity index (χ2n) is 5.88. The maximum Gasteiger partial charge on any atom is 0.220 e. The molecule has 0 radical (unpaired) electrons. The molecule has 0 unspecified atom stereocenters. The van der Waals surface area contributed by atoms with Crippen molar-refractivity contribution >= 4 is 11.6 Å². The monoisotopic (exact) mass is 287 g/mol. The van der Waals surface area contributed by atoms with Crippen LogP contribution in [0, 0.1) is 5.41 Å². The SMILES string of the molecule is NCC1(CC(=O)NCCc2nnc3ccccn23)CCC1. The Hall–Kier alpha value is -1.95. The predicted octanol–water partition coefficient (Wildman–Crippen LogP) is 0.907. The number of rotatable bonds is 6. The van der Waals surface area contributed by atoms with Gasteiger partial charge in [0.1, 0.15) is 5.82 Å². The number of carbonyl (C=O) groups is 1. The third-order valence-corrected chi connectivity index (χ3v) is 4.44. The van der Waals surface area contributed by atoms with Crippen LogP contribution < -0.4 is 11.1 Å². The third kappa shape index (κ3) is 2.90. The molecule has 112 valence electrons. The van der Waals surface area contributed by atoms with Crippen molar-refractivity contribution in [1.82, 2.24) is 19.9 Å². The molecule has 2 aromatic rings. The number of nitrogens with one attached hydrogen (secondary N) is 1. The van der Waals surface area contributed by atoms with E-state index in [-0.39, 0.29) is 11.3 Å². The highest BCUT2D eigenvalue weighted by Gasteiger charge is 2.37. The average molecular weight is 287 g/mol. The van der Waals surface area contributed by atoms with E-state index >= 15 is 0 Å². The standard InChI is InChI=1S/C15H21N5O/c16-11-15(6-3-7-15)10-14(21)17-8-5-13-19-18-12-4-1-2-9-20(12)13/h1-2,4,9H,3,5-8,10-11,16H2,(H,17,21). The molecule has 0 saturated heterocycles. The van der Waals surface area contributed by atoms with Gasteiger partial charge in [-0.25, -0.2) is 0 Å². The van der Waals surface area contributed by atoms with Crippen molar-refractivity contribution < 1.29 is 4.79 Å². The molecule has 1 aliphatic rings. The summed E-state index contributed by atoms with van der Waals surface area (Å²) in [6.07, 6.45) is 6.49. The molecule has 0 spiro atoms. The lowest BCUT2D eigenvalue weighted by atomic mass is 9.66. The van der Waals surface area contributed by atoms with Crippen molar-refractivity contribution in [2.75, 3.05) is 13.1 Å². The Morgan fingerprint density at radius 3 is 2.95 bits per heavy atom. The van der Waals surface area contributed by atoms with Gasteiger partial charge in [0.05, 0.1) is 0 Å². The maximum atomic E-state index is 12.0. The van der Waals surface area contributed by atoms with Gasteiger partial charge in [-0.2, -0.15) is 0 Å². The number of aromatic nitrogens is 3. The summed E-state index contributed by atoms with van der Waals surface area (Å²) in [7, 11) is 0. The van der Waals surface area contributed by atoms with Crippen molar-refractivity contribution in [3.05, 3.63) is 30.2 Å². The Kier molecular flexibility index (Phi) is 3.88. The molecule has 6 heteroatoms. The first-order valence-corrected chi connectivity index (χ1v) is 7.48. The zero-order valence-corrected chi connectivity index (χ0v) is 12.1. The van der Waals surface area contributed by atoms with Gasteiger partial charge in [-0.05, 0) is 36.9 Å². The Morgan fingerprint density at radius 1 is 1.38 bits per heavy atom. The van der Waals surface area contributed by atoms with E-state index in [0.29, 0.717) is 25.9 Å². The number of carbonyl (C=O) groups excluding carboxylic acids is 1. The molecular weight excluding hydrogens is 266 g/mol.